The molecule has 8 heteroatoms. The van der Waals surface area contributed by atoms with Crippen LogP contribution in [0.2, 0.25) is 0 Å². The SMILES string of the molecule is Cc1nn(-c2ccccc2)c(C)c1CN(C)Cc1nc(-c2cc(Br)cs2)no1. The van der Waals surface area contributed by atoms with Gasteiger partial charge in [-0.1, -0.05) is 23.4 Å². The Morgan fingerprint density at radius 2 is 1.96 bits per heavy atom. The fraction of sp³-hybridized carbons (Fsp3) is 0.250. The van der Waals surface area contributed by atoms with Crippen molar-refractivity contribution in [3.63, 3.8) is 0 Å². The first-order valence-corrected chi connectivity index (χ1v) is 10.5. The zero-order chi connectivity index (χ0) is 19.7. The van der Waals surface area contributed by atoms with Crippen LogP contribution in [0.15, 0.2) is 50.8 Å². The zero-order valence-electron chi connectivity index (χ0n) is 15.9. The molecule has 0 atom stereocenters. The number of rotatable bonds is 6. The number of benzene rings is 1. The van der Waals surface area contributed by atoms with Gasteiger partial charge < -0.3 is 4.52 Å². The summed E-state index contributed by atoms with van der Waals surface area (Å²) < 4.78 is 8.46. The molecule has 0 spiro atoms. The maximum atomic E-state index is 5.44. The monoisotopic (exact) mass is 457 g/mol. The standard InChI is InChI=1S/C20H20BrN5OS/c1-13-17(14(2)26(23-13)16-7-5-4-6-8-16)10-25(3)11-19-22-20(24-27-19)18-9-15(21)12-28-18/h4-9,12H,10-11H2,1-3H3. The van der Waals surface area contributed by atoms with Gasteiger partial charge in [-0.2, -0.15) is 10.1 Å². The van der Waals surface area contributed by atoms with E-state index in [0.717, 1.165) is 33.0 Å². The van der Waals surface area contributed by atoms with Crippen LogP contribution >= 0.6 is 27.3 Å². The molecule has 0 radical (unpaired) electrons. The Hall–Kier alpha value is -2.29. The van der Waals surface area contributed by atoms with E-state index in [0.29, 0.717) is 18.3 Å². The second kappa shape index (κ2) is 7.98. The van der Waals surface area contributed by atoms with E-state index in [1.165, 1.54) is 5.56 Å². The zero-order valence-corrected chi connectivity index (χ0v) is 18.3. The Labute approximate surface area is 175 Å². The van der Waals surface area contributed by atoms with Crippen molar-refractivity contribution in [1.82, 2.24) is 24.8 Å². The Bertz CT molecular complexity index is 1090. The Kier molecular flexibility index (Phi) is 5.43. The number of hydrogen-bond donors (Lipinski definition) is 0. The number of halogens is 1. The lowest BCUT2D eigenvalue weighted by atomic mass is 10.2. The molecule has 0 aliphatic rings. The highest BCUT2D eigenvalue weighted by Crippen LogP contribution is 2.28. The third kappa shape index (κ3) is 3.94. The van der Waals surface area contributed by atoms with Crippen LogP contribution in [0.1, 0.15) is 22.8 Å². The summed E-state index contributed by atoms with van der Waals surface area (Å²) in [6, 6.07) is 12.2. The van der Waals surface area contributed by atoms with E-state index in [1.54, 1.807) is 11.3 Å². The Morgan fingerprint density at radius 3 is 2.68 bits per heavy atom. The lowest BCUT2D eigenvalue weighted by molar-refractivity contribution is 0.260. The molecule has 6 nitrogen and oxygen atoms in total. The summed E-state index contributed by atoms with van der Waals surface area (Å²) in [7, 11) is 2.05. The minimum Gasteiger partial charge on any atom is -0.338 e. The fourth-order valence-corrected chi connectivity index (χ4v) is 4.48. The minimum absolute atomic E-state index is 0.578. The fourth-order valence-electron chi connectivity index (χ4n) is 3.13. The molecule has 0 amide bonds. The molecule has 0 N–H and O–H groups in total. The second-order valence-electron chi connectivity index (χ2n) is 6.71. The number of para-hydroxylation sites is 1. The highest BCUT2D eigenvalue weighted by atomic mass is 79.9. The third-order valence-electron chi connectivity index (χ3n) is 4.53. The molecular formula is C20H20BrN5OS. The molecule has 144 valence electrons. The van der Waals surface area contributed by atoms with Gasteiger partial charge in [-0.05, 0) is 55.0 Å². The Morgan fingerprint density at radius 1 is 1.18 bits per heavy atom. The van der Waals surface area contributed by atoms with Crippen molar-refractivity contribution in [3.05, 3.63) is 69.1 Å². The van der Waals surface area contributed by atoms with Gasteiger partial charge in [0.1, 0.15) is 0 Å². The largest absolute Gasteiger partial charge is 0.338 e. The van der Waals surface area contributed by atoms with Crippen LogP contribution in [0.3, 0.4) is 0 Å². The van der Waals surface area contributed by atoms with Gasteiger partial charge in [0, 0.05) is 27.7 Å². The molecule has 0 saturated carbocycles. The molecule has 28 heavy (non-hydrogen) atoms. The van der Waals surface area contributed by atoms with Gasteiger partial charge in [0.15, 0.2) is 0 Å². The van der Waals surface area contributed by atoms with E-state index in [1.807, 2.05) is 41.4 Å². The minimum atomic E-state index is 0.578. The maximum absolute atomic E-state index is 5.44. The molecule has 4 rings (SSSR count). The maximum Gasteiger partial charge on any atom is 0.241 e. The molecule has 3 aromatic heterocycles. The molecule has 0 saturated heterocycles. The van der Waals surface area contributed by atoms with Gasteiger partial charge in [-0.3, -0.25) is 4.90 Å². The van der Waals surface area contributed by atoms with Crippen LogP contribution in [-0.2, 0) is 13.1 Å². The predicted octanol–water partition coefficient (Wildman–Crippen LogP) is 5.00. The first-order chi connectivity index (χ1) is 13.5. The molecule has 0 fully saturated rings. The van der Waals surface area contributed by atoms with Crippen molar-refractivity contribution in [2.24, 2.45) is 0 Å². The summed E-state index contributed by atoms with van der Waals surface area (Å²) in [4.78, 5) is 7.67. The van der Waals surface area contributed by atoms with E-state index in [9.17, 15) is 0 Å². The molecule has 1 aromatic carbocycles. The molecule has 0 unspecified atom stereocenters. The number of nitrogens with zero attached hydrogens (tertiary/aromatic N) is 5. The third-order valence-corrected chi connectivity index (χ3v) is 6.22. The molecule has 0 bridgehead atoms. The highest BCUT2D eigenvalue weighted by Gasteiger charge is 2.17. The average molecular weight is 458 g/mol. The average Bonchev–Trinajstić information content (AvgIpc) is 3.38. The molecule has 0 aliphatic heterocycles. The quantitative estimate of drug-likeness (QED) is 0.407. The van der Waals surface area contributed by atoms with Crippen LogP contribution < -0.4 is 0 Å². The first kappa shape index (κ1) is 19.0. The molecule has 4 aromatic rings. The normalized spacial score (nSPS) is 11.5. The van der Waals surface area contributed by atoms with E-state index in [2.05, 4.69) is 57.0 Å². The van der Waals surface area contributed by atoms with Gasteiger partial charge in [0.25, 0.3) is 0 Å². The van der Waals surface area contributed by atoms with Gasteiger partial charge in [-0.15, -0.1) is 11.3 Å². The predicted molar refractivity (Wildman–Crippen MR) is 114 cm³/mol. The Balaban J connectivity index is 1.48. The van der Waals surface area contributed by atoms with Crippen molar-refractivity contribution in [1.29, 1.82) is 0 Å². The summed E-state index contributed by atoms with van der Waals surface area (Å²) in [5.41, 5.74) is 4.46. The lowest BCUT2D eigenvalue weighted by Crippen LogP contribution is -2.18. The summed E-state index contributed by atoms with van der Waals surface area (Å²) in [5, 5.41) is 10.8. The van der Waals surface area contributed by atoms with Gasteiger partial charge in [-0.25, -0.2) is 4.68 Å². The number of hydrogen-bond acceptors (Lipinski definition) is 6. The van der Waals surface area contributed by atoms with Crippen molar-refractivity contribution in [2.45, 2.75) is 26.9 Å². The van der Waals surface area contributed by atoms with Crippen molar-refractivity contribution in [2.75, 3.05) is 7.05 Å². The number of aromatic nitrogens is 4. The first-order valence-electron chi connectivity index (χ1n) is 8.87. The van der Waals surface area contributed by atoms with Gasteiger partial charge in [0.05, 0.1) is 22.8 Å². The van der Waals surface area contributed by atoms with Crippen LogP contribution in [0.25, 0.3) is 16.4 Å². The second-order valence-corrected chi connectivity index (χ2v) is 8.54. The van der Waals surface area contributed by atoms with E-state index < -0.39 is 0 Å². The number of aryl methyl sites for hydroxylation is 1. The van der Waals surface area contributed by atoms with Gasteiger partial charge in [0.2, 0.25) is 11.7 Å². The summed E-state index contributed by atoms with van der Waals surface area (Å²) in [5.74, 6) is 1.23. The smallest absolute Gasteiger partial charge is 0.241 e. The molecular weight excluding hydrogens is 438 g/mol. The van der Waals surface area contributed by atoms with Crippen molar-refractivity contribution >= 4 is 27.3 Å². The summed E-state index contributed by atoms with van der Waals surface area (Å²) in [6.45, 7) is 5.49. The van der Waals surface area contributed by atoms with E-state index in [4.69, 9.17) is 9.62 Å². The topological polar surface area (TPSA) is 60.0 Å². The number of thiophene rings is 1. The molecule has 3 heterocycles. The van der Waals surface area contributed by atoms with Crippen molar-refractivity contribution < 1.29 is 4.52 Å². The van der Waals surface area contributed by atoms with Crippen LogP contribution in [0, 0.1) is 13.8 Å². The van der Waals surface area contributed by atoms with Crippen molar-refractivity contribution in [3.8, 4) is 16.4 Å². The highest BCUT2D eigenvalue weighted by molar-refractivity contribution is 9.10. The molecule has 0 aliphatic carbocycles. The van der Waals surface area contributed by atoms with Crippen LogP contribution in [0.4, 0.5) is 0 Å². The summed E-state index contributed by atoms with van der Waals surface area (Å²) >= 11 is 5.04. The van der Waals surface area contributed by atoms with Gasteiger partial charge >= 0.3 is 0 Å². The van der Waals surface area contributed by atoms with E-state index in [-0.39, 0.29) is 0 Å². The summed E-state index contributed by atoms with van der Waals surface area (Å²) in [6.07, 6.45) is 0. The lowest BCUT2D eigenvalue weighted by Gasteiger charge is -2.14. The van der Waals surface area contributed by atoms with Crippen LogP contribution in [-0.4, -0.2) is 31.9 Å². The van der Waals surface area contributed by atoms with E-state index >= 15 is 0 Å². The van der Waals surface area contributed by atoms with Crippen LogP contribution in [0.5, 0.6) is 0 Å².